The molecule has 0 spiro atoms. The van der Waals surface area contributed by atoms with Crippen molar-refractivity contribution in [1.29, 1.82) is 0 Å². The quantitative estimate of drug-likeness (QED) is 0.324. The van der Waals surface area contributed by atoms with Crippen molar-refractivity contribution in [2.75, 3.05) is 7.11 Å². The fourth-order valence-electron chi connectivity index (χ4n) is 2.86. The minimum atomic E-state index is -0.0110. The molecule has 2 aromatic carbocycles. The number of allylic oxidation sites excluding steroid dienone is 1. The van der Waals surface area contributed by atoms with Gasteiger partial charge in [-0.3, -0.25) is 4.79 Å². The highest BCUT2D eigenvalue weighted by Crippen LogP contribution is 2.27. The molecular formula is C23H18N2O2S. The summed E-state index contributed by atoms with van der Waals surface area (Å²) in [5, 5.41) is 6.66. The maximum atomic E-state index is 12.4. The van der Waals surface area contributed by atoms with Gasteiger partial charge >= 0.3 is 0 Å². The molecule has 0 saturated carbocycles. The molecule has 0 N–H and O–H groups in total. The first-order chi connectivity index (χ1) is 13.7. The van der Waals surface area contributed by atoms with E-state index < -0.39 is 0 Å². The van der Waals surface area contributed by atoms with E-state index in [1.165, 1.54) is 11.3 Å². The summed E-state index contributed by atoms with van der Waals surface area (Å²) in [6.07, 6.45) is 5.37. The fourth-order valence-corrected chi connectivity index (χ4v) is 3.51. The van der Waals surface area contributed by atoms with E-state index in [2.05, 4.69) is 0 Å². The first kappa shape index (κ1) is 17.9. The average Bonchev–Trinajstić information content (AvgIpc) is 3.43. The lowest BCUT2D eigenvalue weighted by molar-refractivity contribution is 0.105. The van der Waals surface area contributed by atoms with Crippen LogP contribution in [0.3, 0.4) is 0 Å². The zero-order valence-electron chi connectivity index (χ0n) is 15.3. The van der Waals surface area contributed by atoms with E-state index >= 15 is 0 Å². The number of nitrogens with zero attached hydrogens (tertiary/aromatic N) is 2. The predicted octanol–water partition coefficient (Wildman–Crippen LogP) is 5.51. The molecule has 0 aliphatic carbocycles. The second kappa shape index (κ2) is 8.06. The summed E-state index contributed by atoms with van der Waals surface area (Å²) >= 11 is 1.44. The average molecular weight is 386 g/mol. The topological polar surface area (TPSA) is 44.1 Å². The van der Waals surface area contributed by atoms with Crippen molar-refractivity contribution >= 4 is 23.2 Å². The van der Waals surface area contributed by atoms with E-state index in [9.17, 15) is 4.79 Å². The molecule has 0 saturated heterocycles. The van der Waals surface area contributed by atoms with Gasteiger partial charge in [-0.25, -0.2) is 4.68 Å². The molecule has 2 heterocycles. The number of benzene rings is 2. The first-order valence-corrected chi connectivity index (χ1v) is 9.68. The maximum Gasteiger partial charge on any atom is 0.195 e. The molecule has 0 atom stereocenters. The van der Waals surface area contributed by atoms with Gasteiger partial charge in [0.25, 0.3) is 0 Å². The number of thiophene rings is 1. The molecule has 0 aliphatic rings. The van der Waals surface area contributed by atoms with Crippen LogP contribution in [-0.4, -0.2) is 22.7 Å². The standard InChI is InChI=1S/C23H18N2O2S/c1-27-20-12-9-17(10-13-20)23-18(11-14-21(26)22-8-5-15-28-22)16-25(24-23)19-6-3-2-4-7-19/h2-16H,1H3. The van der Waals surface area contributed by atoms with E-state index in [4.69, 9.17) is 9.84 Å². The number of carbonyl (C=O) groups excluding carboxylic acids is 1. The second-order valence-electron chi connectivity index (χ2n) is 6.12. The van der Waals surface area contributed by atoms with Crippen LogP contribution in [0.25, 0.3) is 23.0 Å². The molecule has 0 radical (unpaired) electrons. The van der Waals surface area contributed by atoms with Crippen LogP contribution >= 0.6 is 11.3 Å². The van der Waals surface area contributed by atoms with Gasteiger partial charge < -0.3 is 4.74 Å². The van der Waals surface area contributed by atoms with Crippen molar-refractivity contribution in [2.24, 2.45) is 0 Å². The van der Waals surface area contributed by atoms with E-state index in [0.717, 1.165) is 33.1 Å². The highest BCUT2D eigenvalue weighted by atomic mass is 32.1. The third-order valence-corrected chi connectivity index (χ3v) is 5.19. The Morgan fingerprint density at radius 2 is 1.82 bits per heavy atom. The fraction of sp³-hybridized carbons (Fsp3) is 0.0435. The van der Waals surface area contributed by atoms with Gasteiger partial charge in [0.15, 0.2) is 5.78 Å². The maximum absolute atomic E-state index is 12.4. The number of ether oxygens (including phenoxy) is 1. The Labute approximate surface area is 167 Å². The van der Waals surface area contributed by atoms with Crippen molar-refractivity contribution in [3.05, 3.63) is 94.8 Å². The number of rotatable bonds is 6. The number of methoxy groups -OCH3 is 1. The Balaban J connectivity index is 1.74. The Kier molecular flexibility index (Phi) is 5.17. The van der Waals surface area contributed by atoms with Crippen LogP contribution in [0.4, 0.5) is 0 Å². The van der Waals surface area contributed by atoms with Crippen LogP contribution in [0.5, 0.6) is 5.75 Å². The lowest BCUT2D eigenvalue weighted by Gasteiger charge is -2.02. The van der Waals surface area contributed by atoms with Gasteiger partial charge in [0.05, 0.1) is 23.4 Å². The Bertz CT molecular complexity index is 1100. The Hall–Kier alpha value is -3.44. The van der Waals surface area contributed by atoms with Crippen molar-refractivity contribution in [1.82, 2.24) is 9.78 Å². The van der Waals surface area contributed by atoms with Gasteiger partial charge in [-0.1, -0.05) is 24.3 Å². The molecule has 0 fully saturated rings. The zero-order chi connectivity index (χ0) is 19.3. The van der Waals surface area contributed by atoms with Crippen LogP contribution in [0.1, 0.15) is 15.2 Å². The highest BCUT2D eigenvalue weighted by molar-refractivity contribution is 7.12. The highest BCUT2D eigenvalue weighted by Gasteiger charge is 2.12. The molecular weight excluding hydrogens is 368 g/mol. The predicted molar refractivity (Wildman–Crippen MR) is 113 cm³/mol. The lowest BCUT2D eigenvalue weighted by Crippen LogP contribution is -1.94. The van der Waals surface area contributed by atoms with E-state index in [-0.39, 0.29) is 5.78 Å². The van der Waals surface area contributed by atoms with Crippen LogP contribution < -0.4 is 4.74 Å². The minimum absolute atomic E-state index is 0.0110. The van der Waals surface area contributed by atoms with E-state index in [1.807, 2.05) is 89.1 Å². The van der Waals surface area contributed by atoms with Gasteiger partial charge in [-0.05, 0) is 60.0 Å². The number of para-hydroxylation sites is 1. The van der Waals surface area contributed by atoms with Gasteiger partial charge in [-0.15, -0.1) is 11.3 Å². The van der Waals surface area contributed by atoms with Gasteiger partial charge in [-0.2, -0.15) is 5.10 Å². The third kappa shape index (κ3) is 3.80. The second-order valence-corrected chi connectivity index (χ2v) is 7.06. The molecule has 4 rings (SSSR count). The lowest BCUT2D eigenvalue weighted by atomic mass is 10.1. The number of hydrogen-bond acceptors (Lipinski definition) is 4. The molecule has 5 heteroatoms. The van der Waals surface area contributed by atoms with E-state index in [1.54, 1.807) is 13.2 Å². The van der Waals surface area contributed by atoms with Gasteiger partial charge in [0, 0.05) is 17.3 Å². The molecule has 2 aromatic heterocycles. The zero-order valence-corrected chi connectivity index (χ0v) is 16.1. The molecule has 28 heavy (non-hydrogen) atoms. The van der Waals surface area contributed by atoms with Gasteiger partial charge in [0.1, 0.15) is 5.75 Å². The number of ketones is 1. The summed E-state index contributed by atoms with van der Waals surface area (Å²) in [4.78, 5) is 13.1. The molecule has 4 aromatic rings. The normalized spacial score (nSPS) is 11.0. The monoisotopic (exact) mass is 386 g/mol. The number of carbonyl (C=O) groups is 1. The van der Waals surface area contributed by atoms with E-state index in [0.29, 0.717) is 0 Å². The van der Waals surface area contributed by atoms with Crippen LogP contribution in [0.2, 0.25) is 0 Å². The summed E-state index contributed by atoms with van der Waals surface area (Å²) in [6, 6.07) is 21.4. The van der Waals surface area contributed by atoms with Crippen LogP contribution in [0.15, 0.2) is 84.4 Å². The summed E-state index contributed by atoms with van der Waals surface area (Å²) < 4.78 is 7.08. The minimum Gasteiger partial charge on any atom is -0.497 e. The molecule has 138 valence electrons. The summed E-state index contributed by atoms with van der Waals surface area (Å²) in [6.45, 7) is 0. The third-order valence-electron chi connectivity index (χ3n) is 4.31. The van der Waals surface area contributed by atoms with Crippen LogP contribution in [0, 0.1) is 0 Å². The largest absolute Gasteiger partial charge is 0.497 e. The van der Waals surface area contributed by atoms with Crippen molar-refractivity contribution in [3.63, 3.8) is 0 Å². The molecule has 0 aliphatic heterocycles. The van der Waals surface area contributed by atoms with Gasteiger partial charge in [0.2, 0.25) is 0 Å². The SMILES string of the molecule is COc1ccc(-c2nn(-c3ccccc3)cc2C=CC(=O)c2cccs2)cc1. The Morgan fingerprint density at radius 1 is 1.04 bits per heavy atom. The smallest absolute Gasteiger partial charge is 0.195 e. The summed E-state index contributed by atoms with van der Waals surface area (Å²) in [5.41, 5.74) is 3.60. The summed E-state index contributed by atoms with van der Waals surface area (Å²) in [5.74, 6) is 0.777. The van der Waals surface area contributed by atoms with Crippen LogP contribution in [-0.2, 0) is 0 Å². The first-order valence-electron chi connectivity index (χ1n) is 8.80. The summed E-state index contributed by atoms with van der Waals surface area (Å²) in [7, 11) is 1.64. The molecule has 0 bridgehead atoms. The molecule has 0 unspecified atom stereocenters. The number of hydrogen-bond donors (Lipinski definition) is 0. The molecule has 0 amide bonds. The number of aromatic nitrogens is 2. The Morgan fingerprint density at radius 3 is 2.50 bits per heavy atom. The van der Waals surface area contributed by atoms with Crippen molar-refractivity contribution < 1.29 is 9.53 Å². The van der Waals surface area contributed by atoms with Crippen molar-refractivity contribution in [3.8, 4) is 22.7 Å². The van der Waals surface area contributed by atoms with Crippen molar-refractivity contribution in [2.45, 2.75) is 0 Å². The molecule has 4 nitrogen and oxygen atoms in total.